The zero-order chi connectivity index (χ0) is 23.0. The number of amides is 3. The fourth-order valence-corrected chi connectivity index (χ4v) is 4.60. The first-order chi connectivity index (χ1) is 15.3. The number of carbonyl (C=O) groups excluding carboxylic acids is 4. The minimum absolute atomic E-state index is 0.117. The molecule has 0 N–H and O–H groups in total. The van der Waals surface area contributed by atoms with Gasteiger partial charge in [0.25, 0.3) is 17.7 Å². The highest BCUT2D eigenvalue weighted by atomic mass is 35.5. The Hall–Kier alpha value is -3.25. The SMILES string of the molecule is CC1=CC[C@@H]2C(=O)N(N(C(=O)c3ccccc3Cl)[C@H](C)C(=O)c3ccccc3)C(=O)[C@@H]2C1. The molecule has 2 aromatic carbocycles. The standard InChI is InChI=1S/C25H23ClN2O4/c1-15-12-13-18-20(14-15)25(32)28(23(18)30)27(24(31)19-10-6-7-11-21(19)26)16(2)22(29)17-8-4-3-5-9-17/h3-12,16,18,20H,13-14H2,1-2H3/t16-,18+,20-/m1/s1. The molecule has 0 spiro atoms. The van der Waals surface area contributed by atoms with Crippen LogP contribution in [-0.4, -0.2) is 39.6 Å². The Morgan fingerprint density at radius 1 is 1.00 bits per heavy atom. The van der Waals surface area contributed by atoms with E-state index in [0.29, 0.717) is 18.4 Å². The molecule has 3 amide bonds. The smallest absolute Gasteiger partial charge is 0.275 e. The van der Waals surface area contributed by atoms with Crippen LogP contribution in [0.5, 0.6) is 0 Å². The van der Waals surface area contributed by atoms with Crippen LogP contribution in [0.25, 0.3) is 0 Å². The second-order valence-electron chi connectivity index (χ2n) is 8.23. The molecular formula is C25H23ClN2O4. The third-order valence-corrected chi connectivity index (χ3v) is 6.46. The maximum absolute atomic E-state index is 13.6. The molecule has 7 heteroatoms. The van der Waals surface area contributed by atoms with Crippen molar-refractivity contribution in [3.63, 3.8) is 0 Å². The normalized spacial score (nSPS) is 21.1. The summed E-state index contributed by atoms with van der Waals surface area (Å²) in [5, 5.41) is 2.06. The summed E-state index contributed by atoms with van der Waals surface area (Å²) in [4.78, 5) is 53.6. The Morgan fingerprint density at radius 2 is 1.62 bits per heavy atom. The van der Waals surface area contributed by atoms with Crippen LogP contribution in [0.15, 0.2) is 66.2 Å². The lowest BCUT2D eigenvalue weighted by Gasteiger charge is -2.35. The van der Waals surface area contributed by atoms with E-state index in [0.717, 1.165) is 15.6 Å². The minimum atomic E-state index is -1.09. The van der Waals surface area contributed by atoms with Crippen molar-refractivity contribution < 1.29 is 19.2 Å². The summed E-state index contributed by atoms with van der Waals surface area (Å²) in [7, 11) is 0. The van der Waals surface area contributed by atoms with Crippen LogP contribution in [-0.2, 0) is 9.59 Å². The number of hydrogen-bond donors (Lipinski definition) is 0. The van der Waals surface area contributed by atoms with Crippen molar-refractivity contribution in [1.29, 1.82) is 0 Å². The number of allylic oxidation sites excluding steroid dienone is 2. The van der Waals surface area contributed by atoms with E-state index in [1.165, 1.54) is 13.0 Å². The lowest BCUT2D eigenvalue weighted by molar-refractivity contribution is -0.156. The Bertz CT molecular complexity index is 1130. The molecule has 1 fully saturated rings. The summed E-state index contributed by atoms with van der Waals surface area (Å²) >= 11 is 6.26. The second-order valence-corrected chi connectivity index (χ2v) is 8.63. The van der Waals surface area contributed by atoms with Crippen molar-refractivity contribution in [2.24, 2.45) is 11.8 Å². The molecule has 164 valence electrons. The lowest BCUT2D eigenvalue weighted by Crippen LogP contribution is -2.56. The quantitative estimate of drug-likeness (QED) is 0.386. The zero-order valence-corrected chi connectivity index (χ0v) is 18.6. The number of Topliss-reactive ketones (excluding diaryl/α,β-unsaturated/α-hetero) is 1. The van der Waals surface area contributed by atoms with Gasteiger partial charge in [0.2, 0.25) is 0 Å². The molecule has 0 unspecified atom stereocenters. The van der Waals surface area contributed by atoms with Gasteiger partial charge in [0.05, 0.1) is 22.4 Å². The zero-order valence-electron chi connectivity index (χ0n) is 17.8. The Morgan fingerprint density at radius 3 is 2.31 bits per heavy atom. The number of halogens is 1. The Balaban J connectivity index is 1.77. The van der Waals surface area contributed by atoms with Gasteiger partial charge in [-0.25, -0.2) is 5.01 Å². The summed E-state index contributed by atoms with van der Waals surface area (Å²) in [5.41, 5.74) is 1.53. The van der Waals surface area contributed by atoms with Gasteiger partial charge in [-0.2, -0.15) is 5.01 Å². The number of rotatable bonds is 5. The molecule has 1 saturated heterocycles. The van der Waals surface area contributed by atoms with E-state index >= 15 is 0 Å². The summed E-state index contributed by atoms with van der Waals surface area (Å²) in [6.07, 6.45) is 2.85. The van der Waals surface area contributed by atoms with E-state index in [1.807, 2.05) is 13.0 Å². The molecule has 1 heterocycles. The largest absolute Gasteiger partial charge is 0.292 e. The van der Waals surface area contributed by atoms with Gasteiger partial charge in [-0.1, -0.05) is 65.7 Å². The van der Waals surface area contributed by atoms with Crippen molar-refractivity contribution in [2.45, 2.75) is 32.7 Å². The Labute approximate surface area is 191 Å². The number of fused-ring (bicyclic) bond motifs is 1. The fraction of sp³-hybridized carbons (Fsp3) is 0.280. The monoisotopic (exact) mass is 450 g/mol. The van der Waals surface area contributed by atoms with E-state index < -0.39 is 35.6 Å². The van der Waals surface area contributed by atoms with E-state index in [2.05, 4.69) is 0 Å². The number of imide groups is 1. The molecule has 3 atom stereocenters. The average molecular weight is 451 g/mol. The van der Waals surface area contributed by atoms with Crippen LogP contribution in [0.4, 0.5) is 0 Å². The van der Waals surface area contributed by atoms with Crippen LogP contribution in [0.1, 0.15) is 47.4 Å². The minimum Gasteiger partial charge on any atom is -0.292 e. The van der Waals surface area contributed by atoms with Crippen molar-refractivity contribution in [1.82, 2.24) is 10.0 Å². The summed E-state index contributed by atoms with van der Waals surface area (Å²) < 4.78 is 0. The van der Waals surface area contributed by atoms with E-state index in [1.54, 1.807) is 48.5 Å². The van der Waals surface area contributed by atoms with Crippen molar-refractivity contribution >= 4 is 35.1 Å². The predicted molar refractivity (Wildman–Crippen MR) is 120 cm³/mol. The number of benzene rings is 2. The highest BCUT2D eigenvalue weighted by Crippen LogP contribution is 2.39. The maximum atomic E-state index is 13.6. The predicted octanol–water partition coefficient (Wildman–Crippen LogP) is 4.31. The molecule has 0 bridgehead atoms. The number of hydrogen-bond acceptors (Lipinski definition) is 4. The summed E-state index contributed by atoms with van der Waals surface area (Å²) in [6.45, 7) is 3.45. The van der Waals surface area contributed by atoms with Crippen molar-refractivity contribution in [2.75, 3.05) is 0 Å². The van der Waals surface area contributed by atoms with Gasteiger partial charge in [0.1, 0.15) is 6.04 Å². The highest BCUT2D eigenvalue weighted by molar-refractivity contribution is 6.34. The highest BCUT2D eigenvalue weighted by Gasteiger charge is 2.53. The molecule has 1 aliphatic heterocycles. The first-order valence-electron chi connectivity index (χ1n) is 10.5. The van der Waals surface area contributed by atoms with Gasteiger partial charge in [0, 0.05) is 5.56 Å². The average Bonchev–Trinajstić information content (AvgIpc) is 3.04. The molecule has 4 rings (SSSR count). The summed E-state index contributed by atoms with van der Waals surface area (Å²) in [6, 6.07) is 13.8. The molecular weight excluding hydrogens is 428 g/mol. The van der Waals surface area contributed by atoms with E-state index in [4.69, 9.17) is 11.6 Å². The van der Waals surface area contributed by atoms with Crippen LogP contribution in [0.3, 0.4) is 0 Å². The topological polar surface area (TPSA) is 74.8 Å². The van der Waals surface area contributed by atoms with Crippen molar-refractivity contribution in [3.05, 3.63) is 82.4 Å². The molecule has 0 aromatic heterocycles. The number of carbonyl (C=O) groups is 4. The molecule has 0 radical (unpaired) electrons. The third kappa shape index (κ3) is 3.75. The number of nitrogens with zero attached hydrogens (tertiary/aromatic N) is 2. The molecule has 1 aliphatic carbocycles. The van der Waals surface area contributed by atoms with Gasteiger partial charge >= 0.3 is 0 Å². The van der Waals surface area contributed by atoms with Crippen LogP contribution in [0.2, 0.25) is 5.02 Å². The molecule has 2 aliphatic rings. The fourth-order valence-electron chi connectivity index (χ4n) is 4.38. The van der Waals surface area contributed by atoms with E-state index in [-0.39, 0.29) is 16.4 Å². The third-order valence-electron chi connectivity index (χ3n) is 6.13. The summed E-state index contributed by atoms with van der Waals surface area (Å²) in [5.74, 6) is -3.04. The van der Waals surface area contributed by atoms with Crippen LogP contribution < -0.4 is 0 Å². The molecule has 32 heavy (non-hydrogen) atoms. The van der Waals surface area contributed by atoms with E-state index in [9.17, 15) is 19.2 Å². The van der Waals surface area contributed by atoms with Gasteiger partial charge in [0.15, 0.2) is 5.78 Å². The lowest BCUT2D eigenvalue weighted by atomic mass is 9.82. The van der Waals surface area contributed by atoms with Crippen molar-refractivity contribution in [3.8, 4) is 0 Å². The maximum Gasteiger partial charge on any atom is 0.275 e. The number of ketones is 1. The molecule has 0 saturated carbocycles. The molecule has 2 aromatic rings. The first kappa shape index (κ1) is 22.0. The van der Waals surface area contributed by atoms with Gasteiger partial charge in [-0.05, 0) is 38.8 Å². The molecule has 6 nitrogen and oxygen atoms in total. The van der Waals surface area contributed by atoms with Gasteiger partial charge in [-0.15, -0.1) is 0 Å². The Kier molecular flexibility index (Phi) is 5.98. The van der Waals surface area contributed by atoms with Gasteiger partial charge in [-0.3, -0.25) is 19.2 Å². The number of hydrazine groups is 1. The van der Waals surface area contributed by atoms with Crippen LogP contribution >= 0.6 is 11.6 Å². The van der Waals surface area contributed by atoms with Gasteiger partial charge < -0.3 is 0 Å². The second kappa shape index (κ2) is 8.71. The first-order valence-corrected chi connectivity index (χ1v) is 10.9. The van der Waals surface area contributed by atoms with Crippen LogP contribution in [0, 0.1) is 11.8 Å².